The van der Waals surface area contributed by atoms with E-state index in [0.717, 1.165) is 4.47 Å². The minimum Gasteiger partial charge on any atom is -0.508 e. The van der Waals surface area contributed by atoms with Crippen LogP contribution in [0.4, 0.5) is 0 Å². The highest BCUT2D eigenvalue weighted by atomic mass is 79.9. The van der Waals surface area contributed by atoms with Crippen LogP contribution in [0.25, 0.3) is 0 Å². The standard InChI is InChI=1S/C16H16BrNO3/c1-10(16(21)11-2-5-14(19)6-3-11)18-9-12-8-13(17)4-7-15(12)20/h2-10,16,19-21H,1H3/t10-,16+/m1/s1. The number of rotatable bonds is 4. The lowest BCUT2D eigenvalue weighted by atomic mass is 10.0. The van der Waals surface area contributed by atoms with Gasteiger partial charge in [0.15, 0.2) is 0 Å². The molecule has 0 unspecified atom stereocenters. The summed E-state index contributed by atoms with van der Waals surface area (Å²) >= 11 is 3.33. The summed E-state index contributed by atoms with van der Waals surface area (Å²) in [5.41, 5.74) is 1.25. The van der Waals surface area contributed by atoms with E-state index in [1.807, 2.05) is 0 Å². The normalized spacial score (nSPS) is 14.2. The third-order valence-corrected chi connectivity index (χ3v) is 3.62. The molecule has 4 nitrogen and oxygen atoms in total. The number of nitrogens with zero attached hydrogens (tertiary/aromatic N) is 1. The third kappa shape index (κ3) is 4.06. The molecule has 0 aromatic heterocycles. The highest BCUT2D eigenvalue weighted by molar-refractivity contribution is 9.10. The molecule has 21 heavy (non-hydrogen) atoms. The molecule has 0 aliphatic rings. The van der Waals surface area contributed by atoms with Gasteiger partial charge >= 0.3 is 0 Å². The fraction of sp³-hybridized carbons (Fsp3) is 0.188. The summed E-state index contributed by atoms with van der Waals surface area (Å²) in [7, 11) is 0. The van der Waals surface area contributed by atoms with Crippen molar-refractivity contribution in [2.45, 2.75) is 19.1 Å². The van der Waals surface area contributed by atoms with Crippen LogP contribution in [0.5, 0.6) is 11.5 Å². The lowest BCUT2D eigenvalue weighted by Gasteiger charge is -2.15. The van der Waals surface area contributed by atoms with Gasteiger partial charge in [0.05, 0.1) is 6.04 Å². The maximum atomic E-state index is 10.2. The van der Waals surface area contributed by atoms with E-state index in [9.17, 15) is 15.3 Å². The molecule has 5 heteroatoms. The van der Waals surface area contributed by atoms with Crippen molar-refractivity contribution >= 4 is 22.1 Å². The average Bonchev–Trinajstić information content (AvgIpc) is 2.48. The first-order valence-corrected chi connectivity index (χ1v) is 7.25. The van der Waals surface area contributed by atoms with Gasteiger partial charge < -0.3 is 15.3 Å². The molecule has 0 radical (unpaired) electrons. The van der Waals surface area contributed by atoms with E-state index in [4.69, 9.17) is 0 Å². The van der Waals surface area contributed by atoms with Crippen molar-refractivity contribution in [1.82, 2.24) is 0 Å². The summed E-state index contributed by atoms with van der Waals surface area (Å²) in [5, 5.41) is 29.2. The van der Waals surface area contributed by atoms with Crippen LogP contribution in [-0.4, -0.2) is 27.6 Å². The van der Waals surface area contributed by atoms with E-state index in [1.165, 1.54) is 18.3 Å². The Hall–Kier alpha value is -1.85. The Balaban J connectivity index is 2.13. The fourth-order valence-electron chi connectivity index (χ4n) is 1.86. The SMILES string of the molecule is C[C@@H](N=Cc1cc(Br)ccc1O)[C@H](O)c1ccc(O)cc1. The Bertz CT molecular complexity index is 640. The monoisotopic (exact) mass is 349 g/mol. The molecule has 0 fully saturated rings. The van der Waals surface area contributed by atoms with Crippen LogP contribution in [0.3, 0.4) is 0 Å². The number of benzene rings is 2. The number of aliphatic imine (C=N–C) groups is 1. The number of phenolic OH excluding ortho intramolecular Hbond substituents is 2. The van der Waals surface area contributed by atoms with E-state index < -0.39 is 6.10 Å². The summed E-state index contributed by atoms with van der Waals surface area (Å²) < 4.78 is 0.841. The minimum absolute atomic E-state index is 0.133. The van der Waals surface area contributed by atoms with Crippen LogP contribution < -0.4 is 0 Å². The van der Waals surface area contributed by atoms with Crippen molar-refractivity contribution < 1.29 is 15.3 Å². The highest BCUT2D eigenvalue weighted by Crippen LogP contribution is 2.23. The third-order valence-electron chi connectivity index (χ3n) is 3.13. The largest absolute Gasteiger partial charge is 0.508 e. The van der Waals surface area contributed by atoms with Crippen molar-refractivity contribution in [3.8, 4) is 11.5 Å². The van der Waals surface area contributed by atoms with Crippen LogP contribution in [-0.2, 0) is 0 Å². The van der Waals surface area contributed by atoms with E-state index >= 15 is 0 Å². The zero-order valence-corrected chi connectivity index (χ0v) is 13.0. The molecular weight excluding hydrogens is 334 g/mol. The molecule has 0 heterocycles. The first-order chi connectivity index (χ1) is 9.97. The molecule has 2 aromatic rings. The minimum atomic E-state index is -0.781. The number of phenols is 2. The van der Waals surface area contributed by atoms with Crippen LogP contribution in [0.2, 0.25) is 0 Å². The van der Waals surface area contributed by atoms with Crippen molar-refractivity contribution in [1.29, 1.82) is 0 Å². The summed E-state index contributed by atoms with van der Waals surface area (Å²) in [5.74, 6) is 0.287. The molecule has 2 atom stereocenters. The predicted molar refractivity (Wildman–Crippen MR) is 85.9 cm³/mol. The number of aliphatic hydroxyl groups is 1. The number of hydrogen-bond acceptors (Lipinski definition) is 4. The van der Waals surface area contributed by atoms with Gasteiger partial charge in [-0.2, -0.15) is 0 Å². The summed E-state index contributed by atoms with van der Waals surface area (Å²) in [6.45, 7) is 1.78. The van der Waals surface area contributed by atoms with Crippen LogP contribution in [0.1, 0.15) is 24.2 Å². The van der Waals surface area contributed by atoms with E-state index in [0.29, 0.717) is 11.1 Å². The maximum Gasteiger partial charge on any atom is 0.124 e. The predicted octanol–water partition coefficient (Wildman–Crippen LogP) is 3.40. The lowest BCUT2D eigenvalue weighted by Crippen LogP contribution is -2.12. The van der Waals surface area contributed by atoms with Crippen LogP contribution in [0.15, 0.2) is 51.9 Å². The van der Waals surface area contributed by atoms with Crippen molar-refractivity contribution in [3.63, 3.8) is 0 Å². The topological polar surface area (TPSA) is 73.1 Å². The first-order valence-electron chi connectivity index (χ1n) is 6.46. The molecule has 2 aromatic carbocycles. The Morgan fingerprint density at radius 3 is 2.43 bits per heavy atom. The number of hydrogen-bond donors (Lipinski definition) is 3. The Morgan fingerprint density at radius 1 is 1.10 bits per heavy atom. The lowest BCUT2D eigenvalue weighted by molar-refractivity contribution is 0.154. The van der Waals surface area contributed by atoms with Gasteiger partial charge in [-0.25, -0.2) is 0 Å². The number of aliphatic hydroxyl groups excluding tert-OH is 1. The van der Waals surface area contributed by atoms with Gasteiger partial charge in [-0.1, -0.05) is 28.1 Å². The van der Waals surface area contributed by atoms with Crippen molar-refractivity contribution in [2.24, 2.45) is 4.99 Å². The highest BCUT2D eigenvalue weighted by Gasteiger charge is 2.15. The summed E-state index contributed by atoms with van der Waals surface area (Å²) in [4.78, 5) is 4.28. The van der Waals surface area contributed by atoms with E-state index in [2.05, 4.69) is 20.9 Å². The smallest absolute Gasteiger partial charge is 0.124 e. The van der Waals surface area contributed by atoms with Gasteiger partial charge in [0, 0.05) is 16.3 Å². The van der Waals surface area contributed by atoms with Crippen LogP contribution >= 0.6 is 15.9 Å². The summed E-state index contributed by atoms with van der Waals surface area (Å²) in [6, 6.07) is 11.0. The molecule has 0 amide bonds. The Labute approximate surface area is 131 Å². The molecule has 0 spiro atoms. The zero-order chi connectivity index (χ0) is 15.4. The first kappa shape index (κ1) is 15.5. The van der Waals surface area contributed by atoms with Crippen molar-refractivity contribution in [3.05, 3.63) is 58.1 Å². The quantitative estimate of drug-likeness (QED) is 0.740. The maximum absolute atomic E-state index is 10.2. The molecule has 0 saturated heterocycles. The molecule has 0 aliphatic heterocycles. The Morgan fingerprint density at radius 2 is 1.76 bits per heavy atom. The fourth-order valence-corrected chi connectivity index (χ4v) is 2.24. The van der Waals surface area contributed by atoms with Gasteiger partial charge in [0.25, 0.3) is 0 Å². The molecular formula is C16H16BrNO3. The molecule has 0 bridgehead atoms. The van der Waals surface area contributed by atoms with Gasteiger partial charge in [-0.15, -0.1) is 0 Å². The average molecular weight is 350 g/mol. The van der Waals surface area contributed by atoms with Crippen LogP contribution in [0, 0.1) is 0 Å². The second-order valence-electron chi connectivity index (χ2n) is 4.76. The van der Waals surface area contributed by atoms with Gasteiger partial charge in [-0.05, 0) is 42.8 Å². The number of halogens is 1. The van der Waals surface area contributed by atoms with E-state index in [1.54, 1.807) is 37.3 Å². The number of aromatic hydroxyl groups is 2. The molecule has 110 valence electrons. The second kappa shape index (κ2) is 6.74. The van der Waals surface area contributed by atoms with Gasteiger partial charge in [-0.3, -0.25) is 4.99 Å². The summed E-state index contributed by atoms with van der Waals surface area (Å²) in [6.07, 6.45) is 0.755. The zero-order valence-electron chi connectivity index (χ0n) is 11.4. The van der Waals surface area contributed by atoms with Gasteiger partial charge in [0.2, 0.25) is 0 Å². The van der Waals surface area contributed by atoms with E-state index in [-0.39, 0.29) is 17.5 Å². The second-order valence-corrected chi connectivity index (χ2v) is 5.67. The molecule has 3 N–H and O–H groups in total. The van der Waals surface area contributed by atoms with Crippen molar-refractivity contribution in [2.75, 3.05) is 0 Å². The Kier molecular flexibility index (Phi) is 4.98. The molecule has 0 saturated carbocycles. The van der Waals surface area contributed by atoms with Gasteiger partial charge in [0.1, 0.15) is 17.6 Å². The molecule has 0 aliphatic carbocycles. The molecule has 2 rings (SSSR count).